The smallest absolute Gasteiger partial charge is 0.204 e. The van der Waals surface area contributed by atoms with Crippen molar-refractivity contribution in [3.63, 3.8) is 0 Å². The van der Waals surface area contributed by atoms with E-state index in [2.05, 4.69) is 89.6 Å². The number of hydrogen-bond donors (Lipinski definition) is 1. The summed E-state index contributed by atoms with van der Waals surface area (Å²) in [6.45, 7) is 3.91. The van der Waals surface area contributed by atoms with Gasteiger partial charge in [0.1, 0.15) is 0 Å². The molecule has 0 amide bonds. The van der Waals surface area contributed by atoms with Crippen molar-refractivity contribution >= 4 is 38.5 Å². The standard InChI is InChI=1S/C25H23N3/c1-2-15-28-24-14-8-7-13-23(24)27-25(28)26-17-22-20-11-5-3-9-18(20)16-19-10-4-6-12-21(19)22/h3-14,16H,2,15,17H2,1H3,(H,26,27). The molecule has 1 heterocycles. The van der Waals surface area contributed by atoms with Crippen molar-refractivity contribution in [2.24, 2.45) is 0 Å². The lowest BCUT2D eigenvalue weighted by molar-refractivity contribution is 0.700. The second kappa shape index (κ2) is 7.01. The van der Waals surface area contributed by atoms with Crippen LogP contribution in [-0.2, 0) is 13.1 Å². The lowest BCUT2D eigenvalue weighted by Crippen LogP contribution is -2.08. The fourth-order valence-electron chi connectivity index (χ4n) is 4.13. The van der Waals surface area contributed by atoms with E-state index in [9.17, 15) is 0 Å². The molecule has 1 aromatic heterocycles. The Morgan fingerprint density at radius 2 is 1.46 bits per heavy atom. The molecule has 0 bridgehead atoms. The molecule has 0 aliphatic carbocycles. The van der Waals surface area contributed by atoms with Crippen LogP contribution in [0.4, 0.5) is 5.95 Å². The molecule has 0 atom stereocenters. The zero-order valence-electron chi connectivity index (χ0n) is 16.0. The van der Waals surface area contributed by atoms with E-state index < -0.39 is 0 Å². The van der Waals surface area contributed by atoms with E-state index in [1.807, 2.05) is 6.07 Å². The number of aromatic nitrogens is 2. The lowest BCUT2D eigenvalue weighted by Gasteiger charge is -2.14. The van der Waals surface area contributed by atoms with Crippen LogP contribution in [0.3, 0.4) is 0 Å². The zero-order valence-corrected chi connectivity index (χ0v) is 16.0. The second-order valence-corrected chi connectivity index (χ2v) is 7.23. The van der Waals surface area contributed by atoms with E-state index in [-0.39, 0.29) is 0 Å². The zero-order chi connectivity index (χ0) is 18.9. The Kier molecular flexibility index (Phi) is 4.21. The van der Waals surface area contributed by atoms with Crippen molar-refractivity contribution in [3.05, 3.63) is 84.4 Å². The second-order valence-electron chi connectivity index (χ2n) is 7.23. The maximum absolute atomic E-state index is 4.86. The SMILES string of the molecule is CCCn1c(NCc2c3ccccc3cc3ccccc23)nc2ccccc21. The van der Waals surface area contributed by atoms with Crippen molar-refractivity contribution in [1.29, 1.82) is 0 Å². The quantitative estimate of drug-likeness (QED) is 0.367. The molecule has 0 aliphatic heterocycles. The van der Waals surface area contributed by atoms with Gasteiger partial charge in [-0.1, -0.05) is 67.6 Å². The van der Waals surface area contributed by atoms with Crippen molar-refractivity contribution in [3.8, 4) is 0 Å². The van der Waals surface area contributed by atoms with Gasteiger partial charge in [0.25, 0.3) is 0 Å². The van der Waals surface area contributed by atoms with Crippen LogP contribution < -0.4 is 5.32 Å². The molecule has 5 aromatic rings. The third-order valence-corrected chi connectivity index (χ3v) is 5.41. The van der Waals surface area contributed by atoms with E-state index in [1.165, 1.54) is 32.6 Å². The van der Waals surface area contributed by atoms with E-state index in [0.29, 0.717) is 0 Å². The van der Waals surface area contributed by atoms with Gasteiger partial charge in [-0.3, -0.25) is 0 Å². The molecule has 138 valence electrons. The van der Waals surface area contributed by atoms with Crippen LogP contribution >= 0.6 is 0 Å². The molecule has 1 N–H and O–H groups in total. The summed E-state index contributed by atoms with van der Waals surface area (Å²) in [5.41, 5.74) is 3.56. The van der Waals surface area contributed by atoms with Gasteiger partial charge in [0, 0.05) is 13.1 Å². The van der Waals surface area contributed by atoms with Crippen LogP contribution in [-0.4, -0.2) is 9.55 Å². The largest absolute Gasteiger partial charge is 0.352 e. The third-order valence-electron chi connectivity index (χ3n) is 5.41. The molecule has 0 radical (unpaired) electrons. The van der Waals surface area contributed by atoms with E-state index in [1.54, 1.807) is 0 Å². The molecule has 0 aliphatic rings. The number of fused-ring (bicyclic) bond motifs is 3. The predicted octanol–water partition coefficient (Wildman–Crippen LogP) is 6.36. The van der Waals surface area contributed by atoms with Gasteiger partial charge < -0.3 is 9.88 Å². The minimum Gasteiger partial charge on any atom is -0.352 e. The van der Waals surface area contributed by atoms with Gasteiger partial charge in [-0.2, -0.15) is 0 Å². The first-order valence-corrected chi connectivity index (χ1v) is 9.93. The summed E-state index contributed by atoms with van der Waals surface area (Å²) in [5.74, 6) is 0.945. The lowest BCUT2D eigenvalue weighted by atomic mass is 9.97. The highest BCUT2D eigenvalue weighted by Gasteiger charge is 2.12. The molecule has 4 aromatic carbocycles. The van der Waals surface area contributed by atoms with Crippen molar-refractivity contribution in [2.45, 2.75) is 26.4 Å². The highest BCUT2D eigenvalue weighted by molar-refractivity contribution is 6.02. The van der Waals surface area contributed by atoms with Gasteiger partial charge in [0.15, 0.2) is 0 Å². The average Bonchev–Trinajstić information content (AvgIpc) is 3.09. The molecule has 3 nitrogen and oxygen atoms in total. The Morgan fingerprint density at radius 3 is 2.18 bits per heavy atom. The van der Waals surface area contributed by atoms with Gasteiger partial charge >= 0.3 is 0 Å². The number of anilines is 1. The molecule has 0 spiro atoms. The Balaban J connectivity index is 1.61. The van der Waals surface area contributed by atoms with E-state index >= 15 is 0 Å². The molecule has 0 saturated heterocycles. The molecule has 0 saturated carbocycles. The van der Waals surface area contributed by atoms with Gasteiger partial charge in [0.2, 0.25) is 5.95 Å². The fraction of sp³-hybridized carbons (Fsp3) is 0.160. The third kappa shape index (κ3) is 2.80. The minimum absolute atomic E-state index is 0.745. The number of nitrogens with zero attached hydrogens (tertiary/aromatic N) is 2. The van der Waals surface area contributed by atoms with Gasteiger partial charge in [-0.25, -0.2) is 4.98 Å². The Bertz CT molecular complexity index is 1230. The highest BCUT2D eigenvalue weighted by Crippen LogP contribution is 2.29. The fourth-order valence-corrected chi connectivity index (χ4v) is 4.13. The van der Waals surface area contributed by atoms with Crippen LogP contribution in [0.25, 0.3) is 32.6 Å². The van der Waals surface area contributed by atoms with Gasteiger partial charge in [-0.05, 0) is 51.7 Å². The van der Waals surface area contributed by atoms with Crippen molar-refractivity contribution < 1.29 is 0 Å². The van der Waals surface area contributed by atoms with Crippen molar-refractivity contribution in [2.75, 3.05) is 5.32 Å². The summed E-state index contributed by atoms with van der Waals surface area (Å²) >= 11 is 0. The van der Waals surface area contributed by atoms with Gasteiger partial charge in [-0.15, -0.1) is 0 Å². The van der Waals surface area contributed by atoms with Crippen molar-refractivity contribution in [1.82, 2.24) is 9.55 Å². The molecular weight excluding hydrogens is 342 g/mol. The summed E-state index contributed by atoms with van der Waals surface area (Å²) in [7, 11) is 0. The van der Waals surface area contributed by atoms with Crippen LogP contribution in [0.5, 0.6) is 0 Å². The number of nitrogens with one attached hydrogen (secondary N) is 1. The summed E-state index contributed by atoms with van der Waals surface area (Å²) < 4.78 is 2.29. The highest BCUT2D eigenvalue weighted by atomic mass is 15.2. The van der Waals surface area contributed by atoms with E-state index in [0.717, 1.165) is 31.0 Å². The van der Waals surface area contributed by atoms with E-state index in [4.69, 9.17) is 4.98 Å². The Morgan fingerprint density at radius 1 is 0.821 bits per heavy atom. The Hall–Kier alpha value is -3.33. The normalized spacial score (nSPS) is 11.5. The summed E-state index contributed by atoms with van der Waals surface area (Å²) in [6.07, 6.45) is 1.08. The number of aryl methyl sites for hydroxylation is 1. The molecular formula is C25H23N3. The van der Waals surface area contributed by atoms with Crippen LogP contribution in [0, 0.1) is 0 Å². The number of benzene rings is 4. The van der Waals surface area contributed by atoms with Crippen LogP contribution in [0.15, 0.2) is 78.9 Å². The summed E-state index contributed by atoms with van der Waals surface area (Å²) in [6, 6.07) is 27.9. The first-order valence-electron chi connectivity index (χ1n) is 9.93. The maximum atomic E-state index is 4.86. The number of para-hydroxylation sites is 2. The minimum atomic E-state index is 0.745. The van der Waals surface area contributed by atoms with Crippen LogP contribution in [0.1, 0.15) is 18.9 Å². The summed E-state index contributed by atoms with van der Waals surface area (Å²) in [5, 5.41) is 8.79. The number of hydrogen-bond acceptors (Lipinski definition) is 2. The summed E-state index contributed by atoms with van der Waals surface area (Å²) in [4.78, 5) is 4.86. The predicted molar refractivity (Wildman–Crippen MR) is 119 cm³/mol. The molecule has 5 rings (SSSR count). The molecule has 28 heavy (non-hydrogen) atoms. The number of rotatable bonds is 5. The number of imidazole rings is 1. The average molecular weight is 365 g/mol. The van der Waals surface area contributed by atoms with Gasteiger partial charge in [0.05, 0.1) is 11.0 Å². The van der Waals surface area contributed by atoms with Crippen LogP contribution in [0.2, 0.25) is 0 Å². The molecule has 0 unspecified atom stereocenters. The molecule has 3 heteroatoms. The topological polar surface area (TPSA) is 29.9 Å². The Labute approximate surface area is 164 Å². The maximum Gasteiger partial charge on any atom is 0.204 e. The first-order chi connectivity index (χ1) is 13.8. The first kappa shape index (κ1) is 16.8. The monoisotopic (exact) mass is 365 g/mol. The molecule has 0 fully saturated rings.